The van der Waals surface area contributed by atoms with Gasteiger partial charge in [-0.3, -0.25) is 4.90 Å². The first-order chi connectivity index (χ1) is 15.4. The Kier molecular flexibility index (Phi) is 5.47. The molecular weight excluding hydrogens is 497 g/mol. The summed E-state index contributed by atoms with van der Waals surface area (Å²) in [4.78, 5) is 2.15. The highest BCUT2D eigenvalue weighted by Crippen LogP contribution is 2.44. The average molecular weight is 518 g/mol. The zero-order valence-electron chi connectivity index (χ0n) is 17.3. The van der Waals surface area contributed by atoms with Crippen molar-refractivity contribution in [2.24, 2.45) is 0 Å². The minimum absolute atomic E-state index is 0.198. The second-order valence-electron chi connectivity index (χ2n) is 8.00. The van der Waals surface area contributed by atoms with Gasteiger partial charge in [0.05, 0.1) is 7.11 Å². The van der Waals surface area contributed by atoms with Crippen LogP contribution in [0.25, 0.3) is 0 Å². The van der Waals surface area contributed by atoms with Crippen LogP contribution in [0.1, 0.15) is 28.3 Å². The van der Waals surface area contributed by atoms with Crippen LogP contribution < -0.4 is 8.92 Å². The van der Waals surface area contributed by atoms with E-state index in [0.29, 0.717) is 6.54 Å². The van der Waals surface area contributed by atoms with Gasteiger partial charge in [0.1, 0.15) is 22.2 Å². The van der Waals surface area contributed by atoms with Gasteiger partial charge in [-0.2, -0.15) is 8.42 Å². The van der Waals surface area contributed by atoms with Crippen molar-refractivity contribution in [3.05, 3.63) is 87.1 Å². The van der Waals surface area contributed by atoms with Gasteiger partial charge in [-0.1, -0.05) is 28.1 Å². The van der Waals surface area contributed by atoms with Crippen LogP contribution in [0.5, 0.6) is 11.5 Å². The number of fused-ring (bicyclic) bond motifs is 4. The maximum absolute atomic E-state index is 13.6. The summed E-state index contributed by atoms with van der Waals surface area (Å²) in [5.74, 6) is 0.512. The molecule has 3 aromatic rings. The summed E-state index contributed by atoms with van der Waals surface area (Å²) in [6.07, 6.45) is 1.62. The molecule has 0 aromatic heterocycles. The van der Waals surface area contributed by atoms with Crippen molar-refractivity contribution in [2.45, 2.75) is 30.3 Å². The van der Waals surface area contributed by atoms with Gasteiger partial charge >= 0.3 is 10.1 Å². The van der Waals surface area contributed by atoms with Crippen molar-refractivity contribution in [1.29, 1.82) is 0 Å². The Balaban J connectivity index is 1.51. The topological polar surface area (TPSA) is 55.8 Å². The predicted octanol–water partition coefficient (Wildman–Crippen LogP) is 5.02. The van der Waals surface area contributed by atoms with E-state index in [-0.39, 0.29) is 16.7 Å². The van der Waals surface area contributed by atoms with Gasteiger partial charge in [-0.25, -0.2) is 4.39 Å². The lowest BCUT2D eigenvalue weighted by Crippen LogP contribution is -2.39. The van der Waals surface area contributed by atoms with Crippen molar-refractivity contribution in [3.63, 3.8) is 0 Å². The molecule has 0 fully saturated rings. The standard InChI is InChI=1S/C24H21BrFNO4S/c1-30-17-5-6-19-15(11-17)9-10-27-14-21-20(13-23(19)27)22(25)7-8-24(21)31-32(28,29)18-4-2-3-16(26)12-18/h2-8,11-12,23H,9-10,13-14H2,1H3. The lowest BCUT2D eigenvalue weighted by Gasteiger charge is -2.42. The van der Waals surface area contributed by atoms with E-state index in [1.54, 1.807) is 13.2 Å². The monoisotopic (exact) mass is 517 g/mol. The van der Waals surface area contributed by atoms with Crippen LogP contribution in [0, 0.1) is 5.82 Å². The number of halogens is 2. The number of hydrogen-bond acceptors (Lipinski definition) is 5. The minimum atomic E-state index is -4.16. The predicted molar refractivity (Wildman–Crippen MR) is 122 cm³/mol. The Morgan fingerprint density at radius 2 is 1.94 bits per heavy atom. The Hall–Kier alpha value is -2.42. The van der Waals surface area contributed by atoms with Gasteiger partial charge in [0.2, 0.25) is 0 Å². The van der Waals surface area contributed by atoms with Crippen molar-refractivity contribution >= 4 is 26.0 Å². The maximum Gasteiger partial charge on any atom is 0.339 e. The first-order valence-electron chi connectivity index (χ1n) is 10.3. The molecule has 1 atom stereocenters. The summed E-state index contributed by atoms with van der Waals surface area (Å²) >= 11 is 3.64. The first-order valence-corrected chi connectivity index (χ1v) is 12.5. The molecule has 0 radical (unpaired) electrons. The van der Waals surface area contributed by atoms with Crippen LogP contribution in [-0.2, 0) is 29.5 Å². The number of nitrogens with zero attached hydrogens (tertiary/aromatic N) is 1. The van der Waals surface area contributed by atoms with E-state index in [9.17, 15) is 12.8 Å². The fourth-order valence-electron chi connectivity index (χ4n) is 4.60. The number of benzene rings is 3. The van der Waals surface area contributed by atoms with Crippen molar-refractivity contribution < 1.29 is 21.7 Å². The van der Waals surface area contributed by atoms with Crippen LogP contribution in [-0.4, -0.2) is 27.0 Å². The Morgan fingerprint density at radius 1 is 1.09 bits per heavy atom. The Morgan fingerprint density at radius 3 is 2.72 bits per heavy atom. The van der Waals surface area contributed by atoms with Crippen molar-refractivity contribution in [2.75, 3.05) is 13.7 Å². The lowest BCUT2D eigenvalue weighted by atomic mass is 9.84. The minimum Gasteiger partial charge on any atom is -0.497 e. The molecule has 5 rings (SSSR count). The smallest absolute Gasteiger partial charge is 0.339 e. The third kappa shape index (κ3) is 3.80. The summed E-state index contributed by atoms with van der Waals surface area (Å²) in [5.41, 5.74) is 4.42. The Bertz CT molecular complexity index is 1310. The summed E-state index contributed by atoms with van der Waals surface area (Å²) < 4.78 is 51.0. The SMILES string of the molecule is COc1ccc2c(c1)CCN1Cc3c(OS(=O)(=O)c4cccc(F)c4)ccc(Br)c3CC21. The number of hydrogen-bond donors (Lipinski definition) is 0. The average Bonchev–Trinajstić information content (AvgIpc) is 2.79. The van der Waals surface area contributed by atoms with E-state index in [2.05, 4.69) is 33.0 Å². The highest BCUT2D eigenvalue weighted by atomic mass is 79.9. The van der Waals surface area contributed by atoms with E-state index >= 15 is 0 Å². The van der Waals surface area contributed by atoms with Crippen LogP contribution in [0.15, 0.2) is 64.0 Å². The molecule has 3 aromatic carbocycles. The molecule has 166 valence electrons. The molecule has 0 N–H and O–H groups in total. The normalized spacial score (nSPS) is 17.8. The maximum atomic E-state index is 13.6. The second-order valence-corrected chi connectivity index (χ2v) is 10.4. The molecule has 0 spiro atoms. The largest absolute Gasteiger partial charge is 0.497 e. The van der Waals surface area contributed by atoms with Gasteiger partial charge in [0.15, 0.2) is 0 Å². The fraction of sp³-hybridized carbons (Fsp3) is 0.250. The molecule has 0 aliphatic carbocycles. The van der Waals surface area contributed by atoms with Crippen LogP contribution in [0.2, 0.25) is 0 Å². The molecule has 1 unspecified atom stereocenters. The molecule has 0 saturated carbocycles. The van der Waals surface area contributed by atoms with Crippen LogP contribution >= 0.6 is 15.9 Å². The lowest BCUT2D eigenvalue weighted by molar-refractivity contribution is 0.159. The third-order valence-corrected chi connectivity index (χ3v) is 8.17. The van der Waals surface area contributed by atoms with E-state index in [1.807, 2.05) is 12.1 Å². The third-order valence-electron chi connectivity index (χ3n) is 6.19. The molecule has 2 heterocycles. The molecule has 2 aliphatic heterocycles. The van der Waals surface area contributed by atoms with Crippen LogP contribution in [0.4, 0.5) is 4.39 Å². The molecule has 5 nitrogen and oxygen atoms in total. The van der Waals surface area contributed by atoms with E-state index in [0.717, 1.165) is 46.8 Å². The molecule has 0 amide bonds. The summed E-state index contributed by atoms with van der Waals surface area (Å²) in [6, 6.07) is 14.7. The Labute approximate surface area is 195 Å². The van der Waals surface area contributed by atoms with Gasteiger partial charge in [-0.05, 0) is 72.0 Å². The van der Waals surface area contributed by atoms with E-state index < -0.39 is 15.9 Å². The number of methoxy groups -OCH3 is 1. The summed E-state index contributed by atoms with van der Waals surface area (Å²) in [5, 5.41) is 0. The quantitative estimate of drug-likeness (QED) is 0.454. The van der Waals surface area contributed by atoms with Crippen molar-refractivity contribution in [3.8, 4) is 11.5 Å². The molecule has 2 aliphatic rings. The van der Waals surface area contributed by atoms with Gasteiger partial charge in [0, 0.05) is 29.2 Å². The van der Waals surface area contributed by atoms with E-state index in [1.165, 1.54) is 29.3 Å². The molecule has 0 bridgehead atoms. The molecule has 32 heavy (non-hydrogen) atoms. The molecule has 0 saturated heterocycles. The molecular formula is C24H21BrFNO4S. The van der Waals surface area contributed by atoms with Crippen molar-refractivity contribution in [1.82, 2.24) is 4.90 Å². The fourth-order valence-corrected chi connectivity index (χ4v) is 6.12. The highest BCUT2D eigenvalue weighted by Gasteiger charge is 2.35. The summed E-state index contributed by atoms with van der Waals surface area (Å²) in [6.45, 7) is 1.42. The van der Waals surface area contributed by atoms with Gasteiger partial charge < -0.3 is 8.92 Å². The van der Waals surface area contributed by atoms with Crippen LogP contribution in [0.3, 0.4) is 0 Å². The van der Waals surface area contributed by atoms with E-state index in [4.69, 9.17) is 8.92 Å². The zero-order valence-corrected chi connectivity index (χ0v) is 19.7. The highest BCUT2D eigenvalue weighted by molar-refractivity contribution is 9.10. The number of rotatable bonds is 4. The zero-order chi connectivity index (χ0) is 22.5. The first kappa shape index (κ1) is 21.4. The van der Waals surface area contributed by atoms with Gasteiger partial charge in [-0.15, -0.1) is 0 Å². The number of ether oxygens (including phenoxy) is 1. The summed E-state index contributed by atoms with van der Waals surface area (Å²) in [7, 11) is -2.48. The second kappa shape index (κ2) is 8.17. The molecule has 8 heteroatoms. The van der Waals surface area contributed by atoms with Gasteiger partial charge in [0.25, 0.3) is 0 Å².